The second kappa shape index (κ2) is 8.83. The van der Waals surface area contributed by atoms with E-state index in [9.17, 15) is 0 Å². The van der Waals surface area contributed by atoms with Crippen LogP contribution in [-0.4, -0.2) is 40.6 Å². The quantitative estimate of drug-likeness (QED) is 0.238. The maximum atomic E-state index is 4.63. The normalized spacial score (nSPS) is 11.5. The van der Waals surface area contributed by atoms with Gasteiger partial charge in [0.15, 0.2) is 0 Å². The minimum Gasteiger partial charge on any atom is -0.355 e. The number of nitrogens with one attached hydrogen (secondary N) is 3. The first-order valence-corrected chi connectivity index (χ1v) is 9.02. The summed E-state index contributed by atoms with van der Waals surface area (Å²) in [6, 6.07) is 16.4. The molecular formula is C21H16AuN8. The van der Waals surface area contributed by atoms with Crippen molar-refractivity contribution < 1.29 is 22.4 Å². The fourth-order valence-corrected chi connectivity index (χ4v) is 3.07. The van der Waals surface area contributed by atoms with Gasteiger partial charge < -0.3 is 9.97 Å². The summed E-state index contributed by atoms with van der Waals surface area (Å²) in [5.41, 5.74) is 7.86. The molecule has 0 saturated heterocycles. The molecule has 1 radical (unpaired) electrons. The van der Waals surface area contributed by atoms with Gasteiger partial charge in [0.05, 0.1) is 22.8 Å². The number of fused-ring (bicyclic) bond motifs is 8. The van der Waals surface area contributed by atoms with Crippen LogP contribution in [0.4, 0.5) is 0 Å². The van der Waals surface area contributed by atoms with E-state index in [1.54, 1.807) is 0 Å². The maximum Gasteiger partial charge on any atom is 0.135 e. The van der Waals surface area contributed by atoms with E-state index in [4.69, 9.17) is 0 Å². The monoisotopic (exact) mass is 577 g/mol. The molecule has 0 amide bonds. The zero-order valence-electron chi connectivity index (χ0n) is 15.5. The predicted molar refractivity (Wildman–Crippen MR) is 113 cm³/mol. The third-order valence-electron chi connectivity index (χ3n) is 4.31. The van der Waals surface area contributed by atoms with Crippen LogP contribution in [0.1, 0.15) is 22.8 Å². The van der Waals surface area contributed by atoms with Crippen LogP contribution in [0.3, 0.4) is 0 Å². The molecule has 4 aromatic rings. The summed E-state index contributed by atoms with van der Waals surface area (Å²) in [7, 11) is 0. The van der Waals surface area contributed by atoms with Gasteiger partial charge in [-0.15, -0.1) is 5.10 Å². The summed E-state index contributed by atoms with van der Waals surface area (Å²) < 4.78 is 0. The van der Waals surface area contributed by atoms with Crippen LogP contribution in [-0.2, 0) is 22.4 Å². The SMILES string of the molecule is C1=Cc2cc3ccc(cc4nc(cc5ccc(cc1n2)[nH]5)C=C4)[nH]3.[Au].c1nnn[nH]1. The molecule has 0 saturated carbocycles. The standard InChI is InChI=1S/C20H14N4.CH2N4.Au/c1-2-14-10-16-5-6-18(23-16)12-20-8-7-19(24-20)11-17-4-3-15(22-17)9-13(1)21-14;1-2-4-5-3-1;/h1-12,21,24H;1H,(H,2,3,4,5);. The first-order valence-electron chi connectivity index (χ1n) is 9.02. The second-order valence-electron chi connectivity index (χ2n) is 6.47. The van der Waals surface area contributed by atoms with Gasteiger partial charge >= 0.3 is 0 Å². The summed E-state index contributed by atoms with van der Waals surface area (Å²) >= 11 is 0. The molecule has 0 aromatic carbocycles. The second-order valence-corrected chi connectivity index (χ2v) is 6.47. The molecule has 0 unspecified atom stereocenters. The molecule has 0 fully saturated rings. The number of aromatic nitrogens is 8. The van der Waals surface area contributed by atoms with Crippen molar-refractivity contribution >= 4 is 46.4 Å². The van der Waals surface area contributed by atoms with Crippen LogP contribution in [0.5, 0.6) is 0 Å². The van der Waals surface area contributed by atoms with Crippen LogP contribution in [0.25, 0.3) is 46.4 Å². The fraction of sp³-hybridized carbons (Fsp3) is 0. The van der Waals surface area contributed by atoms with Crippen molar-refractivity contribution in [2.75, 3.05) is 0 Å². The van der Waals surface area contributed by atoms with Gasteiger partial charge in [-0.2, -0.15) is 0 Å². The number of hydrogen-bond donors (Lipinski definition) is 3. The van der Waals surface area contributed by atoms with Gasteiger partial charge in [-0.25, -0.2) is 15.1 Å². The van der Waals surface area contributed by atoms with E-state index in [2.05, 4.69) is 64.8 Å². The van der Waals surface area contributed by atoms with Crippen molar-refractivity contribution in [2.24, 2.45) is 0 Å². The number of hydrogen-bond acceptors (Lipinski definition) is 5. The van der Waals surface area contributed by atoms with Gasteiger partial charge in [-0.05, 0) is 83.3 Å². The van der Waals surface area contributed by atoms with Gasteiger partial charge in [-0.1, -0.05) is 0 Å². The van der Waals surface area contributed by atoms with E-state index >= 15 is 0 Å². The van der Waals surface area contributed by atoms with Crippen molar-refractivity contribution in [3.05, 3.63) is 77.6 Å². The first-order chi connectivity index (χ1) is 14.3. The third-order valence-corrected chi connectivity index (χ3v) is 4.31. The van der Waals surface area contributed by atoms with Gasteiger partial charge in [0.1, 0.15) is 6.33 Å². The summed E-state index contributed by atoms with van der Waals surface area (Å²) in [4.78, 5) is 16.0. The molecule has 0 atom stereocenters. The first kappa shape index (κ1) is 19.7. The Morgan fingerprint density at radius 3 is 1.23 bits per heavy atom. The van der Waals surface area contributed by atoms with Crippen LogP contribution in [0, 0.1) is 0 Å². The fourth-order valence-electron chi connectivity index (χ4n) is 3.07. The summed E-state index contributed by atoms with van der Waals surface area (Å²) in [5, 5.41) is 12.1. The van der Waals surface area contributed by atoms with Crippen LogP contribution in [0.2, 0.25) is 0 Å². The van der Waals surface area contributed by atoms with E-state index in [1.807, 2.05) is 48.6 Å². The number of rotatable bonds is 0. The van der Waals surface area contributed by atoms with Crippen LogP contribution >= 0.6 is 0 Å². The Balaban J connectivity index is 0.000000321. The zero-order chi connectivity index (χ0) is 19.5. The zero-order valence-corrected chi connectivity index (χ0v) is 17.7. The Labute approximate surface area is 186 Å². The summed E-state index contributed by atoms with van der Waals surface area (Å²) in [6.07, 6.45) is 9.49. The van der Waals surface area contributed by atoms with E-state index in [-0.39, 0.29) is 22.4 Å². The Bertz CT molecular complexity index is 1170. The van der Waals surface area contributed by atoms with Crippen LogP contribution in [0.15, 0.2) is 54.9 Å². The molecule has 0 spiro atoms. The molecule has 2 aliphatic heterocycles. The van der Waals surface area contributed by atoms with E-state index in [0.717, 1.165) is 44.8 Å². The largest absolute Gasteiger partial charge is 0.355 e. The molecule has 4 aromatic heterocycles. The molecule has 2 aliphatic rings. The van der Waals surface area contributed by atoms with E-state index in [0.29, 0.717) is 0 Å². The van der Waals surface area contributed by atoms with Crippen LogP contribution < -0.4 is 0 Å². The maximum absolute atomic E-state index is 4.63. The Kier molecular flexibility index (Phi) is 5.80. The molecule has 30 heavy (non-hydrogen) atoms. The van der Waals surface area contributed by atoms with Gasteiger partial charge in [0.25, 0.3) is 0 Å². The van der Waals surface area contributed by atoms with Crippen molar-refractivity contribution in [2.45, 2.75) is 0 Å². The smallest absolute Gasteiger partial charge is 0.135 e. The average molecular weight is 577 g/mol. The molecule has 8 bridgehead atoms. The van der Waals surface area contributed by atoms with Crippen molar-refractivity contribution in [3.63, 3.8) is 0 Å². The number of H-pyrrole nitrogens is 3. The molecule has 3 N–H and O–H groups in total. The minimum atomic E-state index is 0. The van der Waals surface area contributed by atoms with Gasteiger partial charge in [0, 0.05) is 44.4 Å². The Hall–Kier alpha value is -3.59. The number of nitrogens with zero attached hydrogens (tertiary/aromatic N) is 5. The molecule has 9 heteroatoms. The molecule has 0 aliphatic carbocycles. The number of aromatic amines is 3. The van der Waals surface area contributed by atoms with Gasteiger partial charge in [-0.3, -0.25) is 0 Å². The third kappa shape index (κ3) is 4.69. The van der Waals surface area contributed by atoms with Crippen molar-refractivity contribution in [3.8, 4) is 0 Å². The van der Waals surface area contributed by atoms with Crippen molar-refractivity contribution in [1.29, 1.82) is 0 Å². The molecular weight excluding hydrogens is 561 g/mol. The van der Waals surface area contributed by atoms with Crippen molar-refractivity contribution in [1.82, 2.24) is 40.6 Å². The Morgan fingerprint density at radius 2 is 0.967 bits per heavy atom. The molecule has 151 valence electrons. The summed E-state index contributed by atoms with van der Waals surface area (Å²) in [5.74, 6) is 0. The Morgan fingerprint density at radius 1 is 0.567 bits per heavy atom. The minimum absolute atomic E-state index is 0. The molecule has 6 rings (SSSR count). The topological polar surface area (TPSA) is 112 Å². The molecule has 6 heterocycles. The van der Waals surface area contributed by atoms with E-state index < -0.39 is 0 Å². The predicted octanol–water partition coefficient (Wildman–Crippen LogP) is 3.85. The van der Waals surface area contributed by atoms with Gasteiger partial charge in [0.2, 0.25) is 0 Å². The summed E-state index contributed by atoms with van der Waals surface area (Å²) in [6.45, 7) is 0. The molecule has 8 nitrogen and oxygen atoms in total. The van der Waals surface area contributed by atoms with E-state index in [1.165, 1.54) is 6.33 Å². The number of tetrazole rings is 1. The average Bonchev–Trinajstić information content (AvgIpc) is 3.50.